The van der Waals surface area contributed by atoms with Crippen molar-refractivity contribution in [1.29, 1.82) is 0 Å². The van der Waals surface area contributed by atoms with Crippen molar-refractivity contribution in [2.24, 2.45) is 5.10 Å². The van der Waals surface area contributed by atoms with Gasteiger partial charge in [-0.15, -0.1) is 0 Å². The van der Waals surface area contributed by atoms with Crippen LogP contribution in [0.15, 0.2) is 29.4 Å². The fourth-order valence-electron chi connectivity index (χ4n) is 2.34. The van der Waals surface area contributed by atoms with Crippen LogP contribution in [0.5, 0.6) is 0 Å². The molecule has 0 amide bonds. The van der Waals surface area contributed by atoms with E-state index in [1.165, 1.54) is 5.56 Å². The van der Waals surface area contributed by atoms with Crippen molar-refractivity contribution < 1.29 is 24.5 Å². The predicted octanol–water partition coefficient (Wildman–Crippen LogP) is 1.72. The van der Waals surface area contributed by atoms with E-state index in [1.54, 1.807) is 0 Å². The van der Waals surface area contributed by atoms with Crippen LogP contribution in [0.4, 0.5) is 0 Å². The van der Waals surface area contributed by atoms with Gasteiger partial charge in [0.15, 0.2) is 0 Å². The van der Waals surface area contributed by atoms with E-state index in [1.807, 2.05) is 33.0 Å². The number of benzene rings is 1. The summed E-state index contributed by atoms with van der Waals surface area (Å²) in [5.74, 6) is 0.392. The molecule has 0 heterocycles. The van der Waals surface area contributed by atoms with E-state index in [4.69, 9.17) is 0 Å². The average Bonchev–Trinajstić information content (AvgIpc) is 2.71. The quantitative estimate of drug-likeness (QED) is 0.640. The van der Waals surface area contributed by atoms with E-state index in [-0.39, 0.29) is 10.2 Å². The molecule has 0 saturated heterocycles. The van der Waals surface area contributed by atoms with Gasteiger partial charge < -0.3 is 0 Å². The molecular weight excluding hydrogens is 410 g/mol. The monoisotopic (exact) mass is 431 g/mol. The molecule has 0 radical (unpaired) electrons. The zero-order chi connectivity index (χ0) is 14.4. The maximum atomic E-state index is 9.20. The molecule has 2 unspecified atom stereocenters. The molecule has 1 aliphatic carbocycles. The summed E-state index contributed by atoms with van der Waals surface area (Å²) in [6.07, 6.45) is 0. The Balaban J connectivity index is 0.000000861. The molecule has 0 aromatic heterocycles. The van der Waals surface area contributed by atoms with Crippen LogP contribution < -0.4 is 10.7 Å². The van der Waals surface area contributed by atoms with Gasteiger partial charge in [0.1, 0.15) is 0 Å². The maximum absolute atomic E-state index is 9.20. The zero-order valence-electron chi connectivity index (χ0n) is 11.8. The van der Waals surface area contributed by atoms with Crippen LogP contribution in [-0.2, 0) is 19.4 Å². The van der Waals surface area contributed by atoms with Gasteiger partial charge in [-0.3, -0.25) is 0 Å². The normalized spacial score (nSPS) is 22.5. The van der Waals surface area contributed by atoms with Gasteiger partial charge in [0, 0.05) is 0 Å². The molecule has 3 N–H and O–H groups in total. The third kappa shape index (κ3) is 3.59. The molecular formula is C14H21N3OW. The van der Waals surface area contributed by atoms with Crippen molar-refractivity contribution in [2.45, 2.75) is 32.7 Å². The van der Waals surface area contributed by atoms with Crippen LogP contribution in [0.3, 0.4) is 0 Å². The van der Waals surface area contributed by atoms with Crippen molar-refractivity contribution in [3.8, 4) is 0 Å². The Labute approximate surface area is 125 Å². The van der Waals surface area contributed by atoms with Gasteiger partial charge in [0.2, 0.25) is 0 Å². The summed E-state index contributed by atoms with van der Waals surface area (Å²) >= 11 is 0.977. The summed E-state index contributed by atoms with van der Waals surface area (Å²) in [6.45, 7) is 6.18. The third-order valence-corrected chi connectivity index (χ3v) is 3.43. The number of hydrogen-bond donors (Lipinski definition) is 3. The van der Waals surface area contributed by atoms with E-state index in [0.717, 1.165) is 30.6 Å². The number of rotatable bonds is 3. The Morgan fingerprint density at radius 3 is 2.53 bits per heavy atom. The fraction of sp³-hybridized carbons (Fsp3) is 0.429. The van der Waals surface area contributed by atoms with Crippen molar-refractivity contribution >= 4 is 9.92 Å². The van der Waals surface area contributed by atoms with Crippen molar-refractivity contribution in [3.05, 3.63) is 35.4 Å². The summed E-state index contributed by atoms with van der Waals surface area (Å²) in [7, 11) is 1.93. The first-order chi connectivity index (χ1) is 9.15. The molecule has 4 nitrogen and oxygen atoms in total. The van der Waals surface area contributed by atoms with Gasteiger partial charge in [0.25, 0.3) is 0 Å². The average molecular weight is 431 g/mol. The van der Waals surface area contributed by atoms with Gasteiger partial charge in [-0.1, -0.05) is 13.8 Å². The van der Waals surface area contributed by atoms with Gasteiger partial charge >= 0.3 is 112 Å². The van der Waals surface area contributed by atoms with Crippen LogP contribution >= 0.6 is 0 Å². The topological polar surface area (TPSA) is 56.7 Å². The zero-order valence-corrected chi connectivity index (χ0v) is 14.7. The van der Waals surface area contributed by atoms with E-state index in [9.17, 15) is 5.11 Å². The molecule has 104 valence electrons. The van der Waals surface area contributed by atoms with Gasteiger partial charge in [-0.25, -0.2) is 0 Å². The minimum atomic E-state index is 0.185. The second-order valence-electron chi connectivity index (χ2n) is 4.06. The SMILES string of the molecule is CC.CNC1/C(=N\N[C](O)=[W])c2ccccc2C1C. The molecule has 5 heteroatoms. The first-order valence-corrected chi connectivity index (χ1v) is 7.95. The Hall–Kier alpha value is -0.832. The van der Waals surface area contributed by atoms with E-state index in [0.29, 0.717) is 5.92 Å². The summed E-state index contributed by atoms with van der Waals surface area (Å²) in [5.41, 5.74) is 6.09. The van der Waals surface area contributed by atoms with Crippen LogP contribution in [0.1, 0.15) is 37.8 Å². The number of fused-ring (bicyclic) bond motifs is 1. The van der Waals surface area contributed by atoms with Gasteiger partial charge in [0.05, 0.1) is 0 Å². The van der Waals surface area contributed by atoms with Crippen molar-refractivity contribution in [3.63, 3.8) is 0 Å². The molecule has 1 aliphatic rings. The standard InChI is InChI=1S/C12H15N3O.C2H6.W/c1-8-9-5-3-4-6-10(9)12(11(8)13-2)15-14-7-16;1-2;/h3-6,8,11,13-14,16H,1-2H3;1-2H3;/b15-12-;;. The second-order valence-corrected chi connectivity index (χ2v) is 5.45. The van der Waals surface area contributed by atoms with E-state index < -0.39 is 0 Å². The van der Waals surface area contributed by atoms with Crippen molar-refractivity contribution in [2.75, 3.05) is 7.05 Å². The molecule has 0 saturated carbocycles. The molecule has 2 atom stereocenters. The molecule has 2 rings (SSSR count). The summed E-state index contributed by atoms with van der Waals surface area (Å²) in [4.78, 5) is 0. The molecule has 0 fully saturated rings. The Bertz CT molecular complexity index is 474. The first kappa shape index (κ1) is 16.2. The minimum absolute atomic E-state index is 0.185. The van der Waals surface area contributed by atoms with Gasteiger partial charge in [-0.2, -0.15) is 0 Å². The molecule has 0 spiro atoms. The number of hydrazone groups is 1. The number of nitrogens with one attached hydrogen (secondary N) is 2. The van der Waals surface area contributed by atoms with Crippen LogP contribution in [0.25, 0.3) is 0 Å². The van der Waals surface area contributed by atoms with Crippen molar-refractivity contribution in [1.82, 2.24) is 10.7 Å². The van der Waals surface area contributed by atoms with Gasteiger partial charge in [-0.05, 0) is 0 Å². The fourth-order valence-corrected chi connectivity index (χ4v) is 2.50. The Kier molecular flexibility index (Phi) is 6.56. The Morgan fingerprint density at radius 1 is 1.32 bits per heavy atom. The number of likely N-dealkylation sites (N-methyl/N-ethyl adjacent to an activating group) is 1. The van der Waals surface area contributed by atoms with E-state index in [2.05, 4.69) is 34.9 Å². The predicted molar refractivity (Wildman–Crippen MR) is 75.7 cm³/mol. The number of hydrogen-bond acceptors (Lipinski definition) is 4. The Morgan fingerprint density at radius 2 is 1.95 bits per heavy atom. The second kappa shape index (κ2) is 7.68. The van der Waals surface area contributed by atoms with Crippen LogP contribution in [0.2, 0.25) is 0 Å². The molecule has 19 heavy (non-hydrogen) atoms. The summed E-state index contributed by atoms with van der Waals surface area (Å²) in [5, 5.41) is 16.8. The number of aliphatic hydroxyl groups excluding tert-OH is 1. The summed E-state index contributed by atoms with van der Waals surface area (Å²) < 4.78 is 0.185. The number of nitrogens with zero attached hydrogens (tertiary/aromatic N) is 1. The van der Waals surface area contributed by atoms with Crippen LogP contribution in [-0.4, -0.2) is 28.1 Å². The van der Waals surface area contributed by atoms with Crippen LogP contribution in [0, 0.1) is 0 Å². The molecule has 1 aromatic rings. The third-order valence-electron chi connectivity index (χ3n) is 3.10. The molecule has 0 aliphatic heterocycles. The van der Waals surface area contributed by atoms with E-state index >= 15 is 0 Å². The first-order valence-electron chi connectivity index (χ1n) is 6.48. The molecule has 0 bridgehead atoms. The summed E-state index contributed by atoms with van der Waals surface area (Å²) in [6, 6.07) is 8.46. The number of aliphatic hydroxyl groups is 1. The molecule has 1 aromatic carbocycles.